The standard InChI is InChI=1S/C9H17NO3/c11-9-3-7(4-9)10-8-5-12-1-2-13-6-8/h7-11H,1-6H2. The highest BCUT2D eigenvalue weighted by atomic mass is 16.5. The van der Waals surface area contributed by atoms with E-state index in [1.807, 2.05) is 0 Å². The number of aliphatic hydroxyl groups excluding tert-OH is 1. The van der Waals surface area contributed by atoms with Crippen LogP contribution in [0, 0.1) is 0 Å². The molecule has 1 heterocycles. The van der Waals surface area contributed by atoms with E-state index >= 15 is 0 Å². The first-order valence-corrected chi connectivity index (χ1v) is 4.94. The van der Waals surface area contributed by atoms with Gasteiger partial charge in [0, 0.05) is 6.04 Å². The Balaban J connectivity index is 1.67. The monoisotopic (exact) mass is 187 g/mol. The highest BCUT2D eigenvalue weighted by molar-refractivity contribution is 4.87. The molecule has 0 amide bonds. The van der Waals surface area contributed by atoms with E-state index in [2.05, 4.69) is 5.32 Å². The molecule has 1 saturated carbocycles. The van der Waals surface area contributed by atoms with Gasteiger partial charge in [-0.25, -0.2) is 0 Å². The van der Waals surface area contributed by atoms with Crippen molar-refractivity contribution in [2.45, 2.75) is 31.0 Å². The number of hydrogen-bond donors (Lipinski definition) is 2. The van der Waals surface area contributed by atoms with Crippen molar-refractivity contribution < 1.29 is 14.6 Å². The maximum Gasteiger partial charge on any atom is 0.0701 e. The Kier molecular flexibility index (Phi) is 3.16. The summed E-state index contributed by atoms with van der Waals surface area (Å²) in [7, 11) is 0. The Hall–Kier alpha value is -0.160. The molecule has 0 atom stereocenters. The van der Waals surface area contributed by atoms with Gasteiger partial charge in [0.15, 0.2) is 0 Å². The summed E-state index contributed by atoms with van der Waals surface area (Å²) < 4.78 is 10.7. The fourth-order valence-electron chi connectivity index (χ4n) is 1.77. The summed E-state index contributed by atoms with van der Waals surface area (Å²) in [6.45, 7) is 2.86. The fourth-order valence-corrected chi connectivity index (χ4v) is 1.77. The fraction of sp³-hybridized carbons (Fsp3) is 1.00. The highest BCUT2D eigenvalue weighted by Gasteiger charge is 2.29. The van der Waals surface area contributed by atoms with Crippen LogP contribution < -0.4 is 5.32 Å². The molecule has 1 saturated heterocycles. The Morgan fingerprint density at radius 1 is 1.00 bits per heavy atom. The van der Waals surface area contributed by atoms with Crippen LogP contribution in [0.3, 0.4) is 0 Å². The Morgan fingerprint density at radius 2 is 1.62 bits per heavy atom. The Morgan fingerprint density at radius 3 is 2.15 bits per heavy atom. The third-order valence-corrected chi connectivity index (χ3v) is 2.59. The second kappa shape index (κ2) is 4.37. The normalized spacial score (nSPS) is 36.7. The molecule has 0 unspecified atom stereocenters. The van der Waals surface area contributed by atoms with E-state index in [-0.39, 0.29) is 6.10 Å². The van der Waals surface area contributed by atoms with Crippen LogP contribution in [-0.2, 0) is 9.47 Å². The Labute approximate surface area is 78.2 Å². The molecule has 4 nitrogen and oxygen atoms in total. The lowest BCUT2D eigenvalue weighted by Gasteiger charge is -2.34. The van der Waals surface area contributed by atoms with Gasteiger partial charge in [-0.3, -0.25) is 0 Å². The van der Waals surface area contributed by atoms with E-state index in [4.69, 9.17) is 14.6 Å². The molecule has 0 aromatic rings. The molecule has 0 radical (unpaired) electrons. The Bertz CT molecular complexity index is 151. The zero-order valence-corrected chi connectivity index (χ0v) is 7.74. The molecular weight excluding hydrogens is 170 g/mol. The van der Waals surface area contributed by atoms with Crippen molar-refractivity contribution >= 4 is 0 Å². The molecule has 0 spiro atoms. The summed E-state index contributed by atoms with van der Waals surface area (Å²) in [4.78, 5) is 0. The lowest BCUT2D eigenvalue weighted by atomic mass is 9.89. The molecule has 4 heteroatoms. The molecule has 76 valence electrons. The predicted octanol–water partition coefficient (Wildman–Crippen LogP) is -0.485. The summed E-state index contributed by atoms with van der Waals surface area (Å²) in [5.41, 5.74) is 0. The average molecular weight is 187 g/mol. The van der Waals surface area contributed by atoms with E-state index in [1.54, 1.807) is 0 Å². The zero-order valence-electron chi connectivity index (χ0n) is 7.74. The second-order valence-corrected chi connectivity index (χ2v) is 3.84. The van der Waals surface area contributed by atoms with Crippen molar-refractivity contribution in [3.8, 4) is 0 Å². The van der Waals surface area contributed by atoms with Gasteiger partial charge in [-0.15, -0.1) is 0 Å². The van der Waals surface area contributed by atoms with Gasteiger partial charge >= 0.3 is 0 Å². The summed E-state index contributed by atoms with van der Waals surface area (Å²) in [5.74, 6) is 0. The maximum absolute atomic E-state index is 9.10. The first kappa shape index (κ1) is 9.40. The largest absolute Gasteiger partial charge is 0.393 e. The van der Waals surface area contributed by atoms with Crippen LogP contribution in [0.4, 0.5) is 0 Å². The van der Waals surface area contributed by atoms with E-state index in [0.717, 1.165) is 26.1 Å². The van der Waals surface area contributed by atoms with Crippen LogP contribution in [0.1, 0.15) is 12.8 Å². The van der Waals surface area contributed by atoms with Gasteiger partial charge in [0.25, 0.3) is 0 Å². The first-order valence-electron chi connectivity index (χ1n) is 4.94. The molecule has 2 aliphatic rings. The quantitative estimate of drug-likeness (QED) is 0.613. The smallest absolute Gasteiger partial charge is 0.0701 e. The predicted molar refractivity (Wildman–Crippen MR) is 47.6 cm³/mol. The number of rotatable bonds is 2. The van der Waals surface area contributed by atoms with Crippen LogP contribution >= 0.6 is 0 Å². The van der Waals surface area contributed by atoms with Crippen molar-refractivity contribution in [3.05, 3.63) is 0 Å². The van der Waals surface area contributed by atoms with Crippen molar-refractivity contribution in [2.75, 3.05) is 26.4 Å². The van der Waals surface area contributed by atoms with Gasteiger partial charge in [-0.05, 0) is 12.8 Å². The van der Waals surface area contributed by atoms with Gasteiger partial charge in [-0.1, -0.05) is 0 Å². The molecule has 1 aliphatic heterocycles. The van der Waals surface area contributed by atoms with Crippen molar-refractivity contribution in [1.82, 2.24) is 5.32 Å². The minimum absolute atomic E-state index is 0.0925. The molecule has 1 aliphatic carbocycles. The average Bonchev–Trinajstić information content (AvgIpc) is 2.30. The SMILES string of the molecule is OC1CC(NC2COCCOC2)C1. The zero-order chi connectivity index (χ0) is 9.10. The van der Waals surface area contributed by atoms with E-state index in [9.17, 15) is 0 Å². The molecule has 0 bridgehead atoms. The highest BCUT2D eigenvalue weighted by Crippen LogP contribution is 2.20. The molecule has 0 aromatic heterocycles. The van der Waals surface area contributed by atoms with Crippen LogP contribution in [0.15, 0.2) is 0 Å². The van der Waals surface area contributed by atoms with Crippen LogP contribution in [0.2, 0.25) is 0 Å². The summed E-state index contributed by atoms with van der Waals surface area (Å²) in [6, 6.07) is 0.769. The molecule has 0 aromatic carbocycles. The van der Waals surface area contributed by atoms with Crippen molar-refractivity contribution in [1.29, 1.82) is 0 Å². The van der Waals surface area contributed by atoms with Gasteiger partial charge in [0.1, 0.15) is 0 Å². The topological polar surface area (TPSA) is 50.7 Å². The van der Waals surface area contributed by atoms with Gasteiger partial charge in [0.2, 0.25) is 0 Å². The number of nitrogens with one attached hydrogen (secondary N) is 1. The third kappa shape index (κ3) is 2.64. The first-order chi connectivity index (χ1) is 6.34. The van der Waals surface area contributed by atoms with E-state index < -0.39 is 0 Å². The lowest BCUT2D eigenvalue weighted by molar-refractivity contribution is 0.0462. The number of aliphatic hydroxyl groups is 1. The number of hydrogen-bond acceptors (Lipinski definition) is 4. The minimum atomic E-state index is -0.0925. The van der Waals surface area contributed by atoms with Crippen LogP contribution in [-0.4, -0.2) is 49.7 Å². The van der Waals surface area contributed by atoms with Gasteiger partial charge in [0.05, 0.1) is 38.6 Å². The maximum atomic E-state index is 9.10. The molecule has 2 rings (SSSR count). The van der Waals surface area contributed by atoms with E-state index in [1.165, 1.54) is 0 Å². The summed E-state index contributed by atoms with van der Waals surface area (Å²) in [5, 5.41) is 12.5. The molecular formula is C9H17NO3. The summed E-state index contributed by atoms with van der Waals surface area (Å²) >= 11 is 0. The van der Waals surface area contributed by atoms with Crippen LogP contribution in [0.5, 0.6) is 0 Å². The van der Waals surface area contributed by atoms with Gasteiger partial charge in [-0.2, -0.15) is 0 Å². The van der Waals surface area contributed by atoms with E-state index in [0.29, 0.717) is 25.3 Å². The van der Waals surface area contributed by atoms with Crippen molar-refractivity contribution in [2.24, 2.45) is 0 Å². The second-order valence-electron chi connectivity index (χ2n) is 3.84. The molecule has 13 heavy (non-hydrogen) atoms. The van der Waals surface area contributed by atoms with Crippen LogP contribution in [0.25, 0.3) is 0 Å². The number of ether oxygens (including phenoxy) is 2. The summed E-state index contributed by atoms with van der Waals surface area (Å²) in [6.07, 6.45) is 1.65. The molecule has 2 N–H and O–H groups in total. The lowest BCUT2D eigenvalue weighted by Crippen LogP contribution is -2.51. The minimum Gasteiger partial charge on any atom is -0.393 e. The molecule has 2 fully saturated rings. The third-order valence-electron chi connectivity index (χ3n) is 2.59. The van der Waals surface area contributed by atoms with Crippen molar-refractivity contribution in [3.63, 3.8) is 0 Å². The van der Waals surface area contributed by atoms with Gasteiger partial charge < -0.3 is 19.9 Å².